The zero-order valence-electron chi connectivity index (χ0n) is 9.89. The summed E-state index contributed by atoms with van der Waals surface area (Å²) in [5.41, 5.74) is 2.15. The minimum atomic E-state index is -0.148. The Balaban J connectivity index is 1.99. The minimum Gasteiger partial charge on any atom is -0.383 e. The molecule has 1 aromatic rings. The highest BCUT2D eigenvalue weighted by atomic mass is 19.1. The fraction of sp³-hybridized carbons (Fsp3) is 0.538. The average molecular weight is 222 g/mol. The normalized spacial score (nSPS) is 19.4. The summed E-state index contributed by atoms with van der Waals surface area (Å²) in [5, 5.41) is 6.83. The first-order valence-corrected chi connectivity index (χ1v) is 5.91. The molecule has 0 spiro atoms. The van der Waals surface area contributed by atoms with Gasteiger partial charge in [0.25, 0.3) is 0 Å². The standard InChI is InChI=1S/C13H19FN2/c1-9(2)7-15-12-6-10-5-11(14)3-4-13(10)16-8-12/h3-5,9,12,15-16H,6-8H2,1-2H3. The predicted molar refractivity (Wildman–Crippen MR) is 65.2 cm³/mol. The van der Waals surface area contributed by atoms with Crippen LogP contribution in [0, 0.1) is 11.7 Å². The zero-order chi connectivity index (χ0) is 11.5. The molecule has 3 heteroatoms. The fourth-order valence-electron chi connectivity index (χ4n) is 2.02. The lowest BCUT2D eigenvalue weighted by molar-refractivity contribution is 0.464. The van der Waals surface area contributed by atoms with Crippen molar-refractivity contribution in [1.29, 1.82) is 0 Å². The highest BCUT2D eigenvalue weighted by molar-refractivity contribution is 5.53. The number of fused-ring (bicyclic) bond motifs is 1. The van der Waals surface area contributed by atoms with Crippen LogP contribution >= 0.6 is 0 Å². The number of hydrogen-bond donors (Lipinski definition) is 2. The number of rotatable bonds is 3. The summed E-state index contributed by atoms with van der Waals surface area (Å²) in [6, 6.07) is 5.37. The van der Waals surface area contributed by atoms with Gasteiger partial charge in [0, 0.05) is 18.3 Å². The van der Waals surface area contributed by atoms with E-state index >= 15 is 0 Å². The smallest absolute Gasteiger partial charge is 0.123 e. The third-order valence-corrected chi connectivity index (χ3v) is 2.89. The lowest BCUT2D eigenvalue weighted by Crippen LogP contribution is -2.41. The quantitative estimate of drug-likeness (QED) is 0.820. The van der Waals surface area contributed by atoms with Gasteiger partial charge in [-0.2, -0.15) is 0 Å². The van der Waals surface area contributed by atoms with E-state index in [2.05, 4.69) is 24.5 Å². The van der Waals surface area contributed by atoms with E-state index in [0.717, 1.165) is 30.8 Å². The molecule has 88 valence electrons. The number of anilines is 1. The molecule has 0 bridgehead atoms. The lowest BCUT2D eigenvalue weighted by Gasteiger charge is -2.27. The van der Waals surface area contributed by atoms with E-state index in [9.17, 15) is 4.39 Å². The molecule has 0 saturated carbocycles. The summed E-state index contributed by atoms with van der Waals surface area (Å²) in [6.45, 7) is 6.32. The van der Waals surface area contributed by atoms with Gasteiger partial charge in [0.2, 0.25) is 0 Å². The molecule has 1 atom stereocenters. The molecule has 1 heterocycles. The van der Waals surface area contributed by atoms with Crippen molar-refractivity contribution in [2.24, 2.45) is 5.92 Å². The van der Waals surface area contributed by atoms with Crippen LogP contribution in [0.15, 0.2) is 18.2 Å². The van der Waals surface area contributed by atoms with Crippen LogP contribution in [0.2, 0.25) is 0 Å². The molecular formula is C13H19FN2. The summed E-state index contributed by atoms with van der Waals surface area (Å²) in [4.78, 5) is 0. The molecule has 16 heavy (non-hydrogen) atoms. The first-order valence-electron chi connectivity index (χ1n) is 5.91. The Bertz CT molecular complexity index is 363. The van der Waals surface area contributed by atoms with Gasteiger partial charge in [-0.3, -0.25) is 0 Å². The molecule has 1 unspecified atom stereocenters. The first kappa shape index (κ1) is 11.4. The second kappa shape index (κ2) is 4.83. The molecule has 0 fully saturated rings. The van der Waals surface area contributed by atoms with E-state index < -0.39 is 0 Å². The molecule has 2 rings (SSSR count). The maximum Gasteiger partial charge on any atom is 0.123 e. The van der Waals surface area contributed by atoms with Crippen LogP contribution in [0.25, 0.3) is 0 Å². The average Bonchev–Trinajstić information content (AvgIpc) is 2.25. The van der Waals surface area contributed by atoms with Crippen LogP contribution < -0.4 is 10.6 Å². The van der Waals surface area contributed by atoms with Crippen LogP contribution in [-0.2, 0) is 6.42 Å². The lowest BCUT2D eigenvalue weighted by atomic mass is 9.99. The van der Waals surface area contributed by atoms with Crippen molar-refractivity contribution in [1.82, 2.24) is 5.32 Å². The molecule has 0 aliphatic carbocycles. The summed E-state index contributed by atoms with van der Waals surface area (Å²) in [6.07, 6.45) is 0.910. The van der Waals surface area contributed by atoms with Gasteiger partial charge in [0.15, 0.2) is 0 Å². The SMILES string of the molecule is CC(C)CNC1CNc2ccc(F)cc2C1. The number of nitrogens with one attached hydrogen (secondary N) is 2. The highest BCUT2D eigenvalue weighted by Crippen LogP contribution is 2.22. The van der Waals surface area contributed by atoms with Crippen LogP contribution in [0.5, 0.6) is 0 Å². The van der Waals surface area contributed by atoms with Crippen molar-refractivity contribution in [3.8, 4) is 0 Å². The van der Waals surface area contributed by atoms with Crippen LogP contribution in [0.3, 0.4) is 0 Å². The van der Waals surface area contributed by atoms with Crippen molar-refractivity contribution >= 4 is 5.69 Å². The van der Waals surface area contributed by atoms with E-state index in [-0.39, 0.29) is 5.82 Å². The third-order valence-electron chi connectivity index (χ3n) is 2.89. The van der Waals surface area contributed by atoms with E-state index in [0.29, 0.717) is 12.0 Å². The molecule has 0 saturated heterocycles. The van der Waals surface area contributed by atoms with Gasteiger partial charge in [-0.15, -0.1) is 0 Å². The Morgan fingerprint density at radius 1 is 1.50 bits per heavy atom. The third kappa shape index (κ3) is 2.73. The minimum absolute atomic E-state index is 0.148. The van der Waals surface area contributed by atoms with Crippen LogP contribution in [0.4, 0.5) is 10.1 Å². The molecule has 2 nitrogen and oxygen atoms in total. The molecule has 0 aromatic heterocycles. The van der Waals surface area contributed by atoms with Crippen molar-refractivity contribution in [2.45, 2.75) is 26.3 Å². The molecule has 2 N–H and O–H groups in total. The number of hydrogen-bond acceptors (Lipinski definition) is 2. The van der Waals surface area contributed by atoms with Crippen molar-refractivity contribution in [3.05, 3.63) is 29.6 Å². The van der Waals surface area contributed by atoms with Crippen LogP contribution in [0.1, 0.15) is 19.4 Å². The number of halogens is 1. The topological polar surface area (TPSA) is 24.1 Å². The predicted octanol–water partition coefficient (Wildman–Crippen LogP) is 2.41. The molecule has 0 radical (unpaired) electrons. The van der Waals surface area contributed by atoms with E-state index in [4.69, 9.17) is 0 Å². The maximum atomic E-state index is 13.1. The van der Waals surface area contributed by atoms with Gasteiger partial charge >= 0.3 is 0 Å². The first-order chi connectivity index (χ1) is 7.65. The molecular weight excluding hydrogens is 203 g/mol. The Hall–Kier alpha value is -1.09. The highest BCUT2D eigenvalue weighted by Gasteiger charge is 2.18. The van der Waals surface area contributed by atoms with Gasteiger partial charge in [-0.05, 0) is 42.6 Å². The summed E-state index contributed by atoms with van der Waals surface area (Å²) in [5.74, 6) is 0.499. The Morgan fingerprint density at radius 2 is 2.31 bits per heavy atom. The van der Waals surface area contributed by atoms with Crippen molar-refractivity contribution in [3.63, 3.8) is 0 Å². The summed E-state index contributed by atoms with van der Waals surface area (Å²) >= 11 is 0. The van der Waals surface area contributed by atoms with E-state index in [1.165, 1.54) is 6.07 Å². The Kier molecular flexibility index (Phi) is 3.44. The Morgan fingerprint density at radius 3 is 3.06 bits per heavy atom. The maximum absolute atomic E-state index is 13.1. The van der Waals surface area contributed by atoms with E-state index in [1.54, 1.807) is 6.07 Å². The van der Waals surface area contributed by atoms with Gasteiger partial charge in [-0.1, -0.05) is 13.8 Å². The van der Waals surface area contributed by atoms with Gasteiger partial charge in [0.05, 0.1) is 0 Å². The molecule has 1 aliphatic heterocycles. The summed E-state index contributed by atoms with van der Waals surface area (Å²) in [7, 11) is 0. The zero-order valence-corrected chi connectivity index (χ0v) is 9.89. The van der Waals surface area contributed by atoms with E-state index in [1.807, 2.05) is 6.07 Å². The number of benzene rings is 1. The second-order valence-electron chi connectivity index (χ2n) is 4.89. The monoisotopic (exact) mass is 222 g/mol. The second-order valence-corrected chi connectivity index (χ2v) is 4.89. The molecule has 1 aliphatic rings. The fourth-order valence-corrected chi connectivity index (χ4v) is 2.02. The molecule has 1 aromatic carbocycles. The van der Waals surface area contributed by atoms with Gasteiger partial charge in [0.1, 0.15) is 5.82 Å². The largest absolute Gasteiger partial charge is 0.383 e. The van der Waals surface area contributed by atoms with Gasteiger partial charge < -0.3 is 10.6 Å². The molecule has 0 amide bonds. The van der Waals surface area contributed by atoms with Crippen LogP contribution in [-0.4, -0.2) is 19.1 Å². The summed E-state index contributed by atoms with van der Waals surface area (Å²) < 4.78 is 13.1. The van der Waals surface area contributed by atoms with Gasteiger partial charge in [-0.25, -0.2) is 4.39 Å². The van der Waals surface area contributed by atoms with Crippen molar-refractivity contribution in [2.75, 3.05) is 18.4 Å². The van der Waals surface area contributed by atoms with Crippen molar-refractivity contribution < 1.29 is 4.39 Å². The Labute approximate surface area is 96.2 Å².